The molecular weight excluding hydrogens is 392 g/mol. The molecule has 2 aromatic carbocycles. The van der Waals surface area contributed by atoms with E-state index in [-0.39, 0.29) is 36.8 Å². The van der Waals surface area contributed by atoms with Crippen molar-refractivity contribution in [1.82, 2.24) is 4.90 Å². The van der Waals surface area contributed by atoms with Crippen LogP contribution in [-0.2, 0) is 14.3 Å². The van der Waals surface area contributed by atoms with Gasteiger partial charge < -0.3 is 14.8 Å². The first-order valence-corrected chi connectivity index (χ1v) is 10.4. The number of nitrogens with zero attached hydrogens (tertiary/aromatic N) is 1. The summed E-state index contributed by atoms with van der Waals surface area (Å²) in [4.78, 5) is 27.9. The molecule has 0 atom stereocenters. The highest BCUT2D eigenvalue weighted by atomic mass is 16.5. The average molecular weight is 423 g/mol. The maximum atomic E-state index is 13.3. The molecule has 3 rings (SSSR count). The Morgan fingerprint density at radius 1 is 0.968 bits per heavy atom. The summed E-state index contributed by atoms with van der Waals surface area (Å²) in [5.74, 6) is -0.0942. The first kappa shape index (κ1) is 22.6. The SMILES string of the molecule is COc1ccc(C)cc1NC1=C(c2ccc(C)c(C)c2)C(=O)N(CCOC(C)C)C1=O. The minimum absolute atomic E-state index is 0.0223. The van der Waals surface area contributed by atoms with Crippen LogP contribution >= 0.6 is 0 Å². The van der Waals surface area contributed by atoms with Crippen molar-refractivity contribution in [3.8, 4) is 5.75 Å². The number of carbonyl (C=O) groups excluding carboxylic acids is 2. The van der Waals surface area contributed by atoms with Gasteiger partial charge in [0, 0.05) is 0 Å². The fourth-order valence-corrected chi connectivity index (χ4v) is 3.49. The summed E-state index contributed by atoms with van der Waals surface area (Å²) >= 11 is 0. The number of benzene rings is 2. The Hall–Kier alpha value is -3.12. The van der Waals surface area contributed by atoms with Gasteiger partial charge in [-0.1, -0.05) is 24.3 Å². The van der Waals surface area contributed by atoms with E-state index in [0.29, 0.717) is 22.6 Å². The lowest BCUT2D eigenvalue weighted by atomic mass is 9.99. The molecule has 1 N–H and O–H groups in total. The van der Waals surface area contributed by atoms with Gasteiger partial charge in [0.1, 0.15) is 11.4 Å². The predicted molar refractivity (Wildman–Crippen MR) is 122 cm³/mol. The Labute approximate surface area is 183 Å². The molecule has 1 aliphatic heterocycles. The predicted octanol–water partition coefficient (Wildman–Crippen LogP) is 4.24. The van der Waals surface area contributed by atoms with Gasteiger partial charge >= 0.3 is 0 Å². The van der Waals surface area contributed by atoms with Crippen molar-refractivity contribution in [2.75, 3.05) is 25.6 Å². The van der Waals surface area contributed by atoms with Crippen molar-refractivity contribution < 1.29 is 19.1 Å². The third-order valence-electron chi connectivity index (χ3n) is 5.34. The zero-order valence-electron chi connectivity index (χ0n) is 19.0. The van der Waals surface area contributed by atoms with Gasteiger partial charge in [-0.2, -0.15) is 0 Å². The van der Waals surface area contributed by atoms with Crippen molar-refractivity contribution in [3.05, 3.63) is 64.3 Å². The second-order valence-corrected chi connectivity index (χ2v) is 8.06. The molecule has 0 spiro atoms. The molecule has 0 radical (unpaired) electrons. The van der Waals surface area contributed by atoms with Crippen LogP contribution in [0.2, 0.25) is 0 Å². The molecule has 6 heteroatoms. The van der Waals surface area contributed by atoms with Crippen molar-refractivity contribution in [2.45, 2.75) is 40.7 Å². The first-order valence-electron chi connectivity index (χ1n) is 10.4. The number of anilines is 1. The molecule has 0 saturated heterocycles. The lowest BCUT2D eigenvalue weighted by Crippen LogP contribution is -2.35. The summed E-state index contributed by atoms with van der Waals surface area (Å²) in [6.45, 7) is 10.3. The van der Waals surface area contributed by atoms with E-state index in [4.69, 9.17) is 9.47 Å². The molecule has 1 aliphatic rings. The smallest absolute Gasteiger partial charge is 0.278 e. The van der Waals surface area contributed by atoms with Crippen LogP contribution in [0.1, 0.15) is 36.1 Å². The Morgan fingerprint density at radius 2 is 1.71 bits per heavy atom. The van der Waals surface area contributed by atoms with Crippen LogP contribution in [0.25, 0.3) is 5.57 Å². The first-order chi connectivity index (χ1) is 14.7. The highest BCUT2D eigenvalue weighted by Crippen LogP contribution is 2.34. The Bertz CT molecular complexity index is 1040. The van der Waals surface area contributed by atoms with E-state index in [2.05, 4.69) is 5.32 Å². The number of carbonyl (C=O) groups is 2. The summed E-state index contributed by atoms with van der Waals surface area (Å²) in [5, 5.41) is 3.20. The summed E-state index contributed by atoms with van der Waals surface area (Å²) in [7, 11) is 1.58. The normalized spacial score (nSPS) is 14.1. The third kappa shape index (κ3) is 4.80. The largest absolute Gasteiger partial charge is 0.495 e. The number of nitrogens with one attached hydrogen (secondary N) is 1. The van der Waals surface area contributed by atoms with Gasteiger partial charge in [-0.15, -0.1) is 0 Å². The van der Waals surface area contributed by atoms with Crippen LogP contribution in [0.3, 0.4) is 0 Å². The van der Waals surface area contributed by atoms with E-state index in [9.17, 15) is 9.59 Å². The van der Waals surface area contributed by atoms with Crippen molar-refractivity contribution in [2.24, 2.45) is 0 Å². The van der Waals surface area contributed by atoms with E-state index >= 15 is 0 Å². The molecule has 31 heavy (non-hydrogen) atoms. The van der Waals surface area contributed by atoms with Crippen molar-refractivity contribution >= 4 is 23.1 Å². The molecule has 0 saturated carbocycles. The Balaban J connectivity index is 2.05. The zero-order chi connectivity index (χ0) is 22.7. The van der Waals surface area contributed by atoms with E-state index in [1.165, 1.54) is 4.90 Å². The van der Waals surface area contributed by atoms with Gasteiger partial charge in [-0.3, -0.25) is 14.5 Å². The number of imide groups is 1. The number of rotatable bonds is 8. The van der Waals surface area contributed by atoms with Gasteiger partial charge in [0.05, 0.1) is 37.6 Å². The molecule has 0 aliphatic carbocycles. The van der Waals surface area contributed by atoms with Crippen LogP contribution in [-0.4, -0.2) is 43.1 Å². The van der Waals surface area contributed by atoms with Gasteiger partial charge in [-0.25, -0.2) is 0 Å². The van der Waals surface area contributed by atoms with Crippen LogP contribution < -0.4 is 10.1 Å². The highest BCUT2D eigenvalue weighted by Gasteiger charge is 2.39. The van der Waals surface area contributed by atoms with Crippen molar-refractivity contribution in [3.63, 3.8) is 0 Å². The average Bonchev–Trinajstić information content (AvgIpc) is 2.94. The van der Waals surface area contributed by atoms with Gasteiger partial charge in [0.2, 0.25) is 0 Å². The van der Waals surface area contributed by atoms with E-state index in [0.717, 1.165) is 16.7 Å². The molecule has 2 amide bonds. The van der Waals surface area contributed by atoms with Crippen molar-refractivity contribution in [1.29, 1.82) is 0 Å². The van der Waals surface area contributed by atoms with Crippen LogP contribution in [0.4, 0.5) is 5.69 Å². The fraction of sp³-hybridized carbons (Fsp3) is 0.360. The molecule has 0 unspecified atom stereocenters. The van der Waals surface area contributed by atoms with Crippen LogP contribution in [0.5, 0.6) is 5.75 Å². The van der Waals surface area contributed by atoms with E-state index in [1.54, 1.807) is 7.11 Å². The van der Waals surface area contributed by atoms with Gasteiger partial charge in [0.15, 0.2) is 0 Å². The third-order valence-corrected chi connectivity index (χ3v) is 5.34. The molecule has 1 heterocycles. The molecular formula is C25H30N2O4. The minimum Gasteiger partial charge on any atom is -0.495 e. The van der Waals surface area contributed by atoms with E-state index < -0.39 is 0 Å². The standard InChI is InChI=1S/C25H30N2O4/c1-15(2)31-12-11-27-24(28)22(19-9-8-17(4)18(5)14-19)23(25(27)29)26-20-13-16(3)7-10-21(20)30-6/h7-10,13-15,26H,11-12H2,1-6H3. The van der Waals surface area contributed by atoms with Crippen LogP contribution in [0, 0.1) is 20.8 Å². The summed E-state index contributed by atoms with van der Waals surface area (Å²) in [6, 6.07) is 11.4. The molecule has 0 bridgehead atoms. The zero-order valence-corrected chi connectivity index (χ0v) is 19.0. The molecule has 6 nitrogen and oxygen atoms in total. The molecule has 164 valence electrons. The number of methoxy groups -OCH3 is 1. The lowest BCUT2D eigenvalue weighted by molar-refractivity contribution is -0.137. The molecule has 0 aromatic heterocycles. The Morgan fingerprint density at radius 3 is 2.35 bits per heavy atom. The second-order valence-electron chi connectivity index (χ2n) is 8.06. The number of hydrogen-bond acceptors (Lipinski definition) is 5. The summed E-state index contributed by atoms with van der Waals surface area (Å²) in [5.41, 5.74) is 5.15. The number of hydrogen-bond donors (Lipinski definition) is 1. The Kier molecular flexibility index (Phi) is 6.81. The minimum atomic E-state index is -0.367. The summed E-state index contributed by atoms with van der Waals surface area (Å²) < 4.78 is 11.0. The van der Waals surface area contributed by atoms with Crippen LogP contribution in [0.15, 0.2) is 42.1 Å². The maximum absolute atomic E-state index is 13.3. The number of aryl methyl sites for hydroxylation is 3. The fourth-order valence-electron chi connectivity index (χ4n) is 3.49. The topological polar surface area (TPSA) is 67.9 Å². The summed E-state index contributed by atoms with van der Waals surface area (Å²) in [6.07, 6.45) is 0.0223. The van der Waals surface area contributed by atoms with E-state index in [1.807, 2.05) is 71.0 Å². The molecule has 2 aromatic rings. The quantitative estimate of drug-likeness (QED) is 0.645. The molecule has 0 fully saturated rings. The van der Waals surface area contributed by atoms with Gasteiger partial charge in [0.25, 0.3) is 11.8 Å². The number of ether oxygens (including phenoxy) is 2. The lowest BCUT2D eigenvalue weighted by Gasteiger charge is -2.17. The monoisotopic (exact) mass is 422 g/mol. The highest BCUT2D eigenvalue weighted by molar-refractivity contribution is 6.36. The number of amides is 2. The van der Waals surface area contributed by atoms with Gasteiger partial charge in [-0.05, 0) is 69.0 Å². The maximum Gasteiger partial charge on any atom is 0.278 e. The second kappa shape index (κ2) is 9.35.